The smallest absolute Gasteiger partial charge is 0.325 e. The molecule has 0 unspecified atom stereocenters. The topological polar surface area (TPSA) is 99.7 Å². The van der Waals surface area contributed by atoms with Gasteiger partial charge in [0.1, 0.15) is 0 Å². The Hall–Kier alpha value is -3.68. The Bertz CT molecular complexity index is 1240. The zero-order valence-corrected chi connectivity index (χ0v) is 15.8. The number of nitrogens with one attached hydrogen (secondary N) is 2. The number of H-pyrrole nitrogens is 2. The van der Waals surface area contributed by atoms with Crippen LogP contribution in [0.5, 0.6) is 0 Å². The Balaban J connectivity index is 1.31. The van der Waals surface area contributed by atoms with E-state index in [9.17, 15) is 9.59 Å². The third kappa shape index (κ3) is 3.33. The molecule has 0 aliphatic carbocycles. The number of aromatic amines is 2. The predicted molar refractivity (Wildman–Crippen MR) is 108 cm³/mol. The normalized spacial score (nSPS) is 13.6. The van der Waals surface area contributed by atoms with E-state index in [0.717, 1.165) is 25.1 Å². The lowest BCUT2D eigenvalue weighted by Gasteiger charge is -2.27. The molecule has 4 aromatic rings. The van der Waals surface area contributed by atoms with Crippen molar-refractivity contribution in [3.8, 4) is 0 Å². The summed E-state index contributed by atoms with van der Waals surface area (Å²) in [5, 5.41) is 0. The van der Waals surface area contributed by atoms with E-state index >= 15 is 0 Å². The Morgan fingerprint density at radius 2 is 2.00 bits per heavy atom. The van der Waals surface area contributed by atoms with Gasteiger partial charge in [0.15, 0.2) is 5.65 Å². The minimum atomic E-state index is -0.333. The molecule has 29 heavy (non-hydrogen) atoms. The van der Waals surface area contributed by atoms with Crippen LogP contribution >= 0.6 is 0 Å². The van der Waals surface area contributed by atoms with E-state index in [-0.39, 0.29) is 11.6 Å². The summed E-state index contributed by atoms with van der Waals surface area (Å²) in [7, 11) is 0. The number of carbonyl (C=O) groups is 1. The number of carbonyl (C=O) groups excluding carboxylic acids is 1. The average molecular weight is 388 g/mol. The SMILES string of the molecule is O=C(c1cnc2[nH]c(=O)[nH]c2c1)N1CCc2c(ncn2CCc2ccccc2)C1. The van der Waals surface area contributed by atoms with E-state index in [0.29, 0.717) is 29.8 Å². The molecule has 0 atom stereocenters. The van der Waals surface area contributed by atoms with Gasteiger partial charge < -0.3 is 14.5 Å². The van der Waals surface area contributed by atoms with Crippen LogP contribution in [0.1, 0.15) is 27.3 Å². The van der Waals surface area contributed by atoms with Crippen molar-refractivity contribution in [1.29, 1.82) is 0 Å². The van der Waals surface area contributed by atoms with E-state index in [1.807, 2.05) is 12.4 Å². The molecule has 3 aromatic heterocycles. The first-order chi connectivity index (χ1) is 14.2. The molecule has 1 amide bonds. The van der Waals surface area contributed by atoms with Gasteiger partial charge in [0.25, 0.3) is 5.91 Å². The first-order valence-corrected chi connectivity index (χ1v) is 9.61. The first kappa shape index (κ1) is 17.4. The number of aryl methyl sites for hydroxylation is 2. The Morgan fingerprint density at radius 3 is 2.86 bits per heavy atom. The van der Waals surface area contributed by atoms with Gasteiger partial charge in [-0.2, -0.15) is 0 Å². The Morgan fingerprint density at radius 1 is 1.14 bits per heavy atom. The second-order valence-corrected chi connectivity index (χ2v) is 7.24. The summed E-state index contributed by atoms with van der Waals surface area (Å²) in [6, 6.07) is 12.1. The number of fused-ring (bicyclic) bond motifs is 2. The lowest BCUT2D eigenvalue weighted by molar-refractivity contribution is 0.0730. The number of pyridine rings is 1. The van der Waals surface area contributed by atoms with Crippen LogP contribution in [0.2, 0.25) is 0 Å². The molecule has 0 bridgehead atoms. The van der Waals surface area contributed by atoms with Crippen molar-refractivity contribution >= 4 is 17.1 Å². The lowest BCUT2D eigenvalue weighted by atomic mass is 10.1. The molecule has 0 fully saturated rings. The summed E-state index contributed by atoms with van der Waals surface area (Å²) in [6.07, 6.45) is 5.10. The molecule has 5 rings (SSSR count). The van der Waals surface area contributed by atoms with Crippen molar-refractivity contribution in [2.24, 2.45) is 0 Å². The van der Waals surface area contributed by atoms with Gasteiger partial charge in [-0.15, -0.1) is 0 Å². The van der Waals surface area contributed by atoms with E-state index in [1.54, 1.807) is 11.0 Å². The molecule has 8 heteroatoms. The summed E-state index contributed by atoms with van der Waals surface area (Å²) in [5.41, 5.74) is 4.55. The highest BCUT2D eigenvalue weighted by molar-refractivity contribution is 5.96. The predicted octanol–water partition coefficient (Wildman–Crippen LogP) is 1.89. The maximum Gasteiger partial charge on any atom is 0.325 e. The minimum Gasteiger partial charge on any atom is -0.334 e. The third-order valence-corrected chi connectivity index (χ3v) is 5.38. The molecule has 0 spiro atoms. The molecule has 1 aliphatic heterocycles. The molecule has 1 aliphatic rings. The second-order valence-electron chi connectivity index (χ2n) is 7.24. The van der Waals surface area contributed by atoms with Crippen LogP contribution < -0.4 is 5.69 Å². The fourth-order valence-corrected chi connectivity index (χ4v) is 3.85. The van der Waals surface area contributed by atoms with Crippen molar-refractivity contribution in [2.45, 2.75) is 25.9 Å². The maximum absolute atomic E-state index is 12.9. The summed E-state index contributed by atoms with van der Waals surface area (Å²) in [4.78, 5) is 40.0. The third-order valence-electron chi connectivity index (χ3n) is 5.38. The highest BCUT2D eigenvalue weighted by atomic mass is 16.2. The molecule has 0 saturated carbocycles. The van der Waals surface area contributed by atoms with Crippen LogP contribution in [0.25, 0.3) is 11.2 Å². The molecule has 0 saturated heterocycles. The lowest BCUT2D eigenvalue weighted by Crippen LogP contribution is -2.36. The van der Waals surface area contributed by atoms with Gasteiger partial charge in [-0.3, -0.25) is 9.78 Å². The molecule has 1 aromatic carbocycles. The van der Waals surface area contributed by atoms with Gasteiger partial charge >= 0.3 is 5.69 Å². The van der Waals surface area contributed by atoms with Crippen LogP contribution in [0, 0.1) is 0 Å². The number of hydrogen-bond acceptors (Lipinski definition) is 4. The summed E-state index contributed by atoms with van der Waals surface area (Å²) in [5.74, 6) is -0.106. The number of nitrogens with zero attached hydrogens (tertiary/aromatic N) is 4. The number of imidazole rings is 2. The summed E-state index contributed by atoms with van der Waals surface area (Å²) in [6.45, 7) is 1.99. The molecule has 8 nitrogen and oxygen atoms in total. The van der Waals surface area contributed by atoms with E-state index < -0.39 is 0 Å². The highest BCUT2D eigenvalue weighted by Crippen LogP contribution is 2.21. The number of benzene rings is 1. The fourth-order valence-electron chi connectivity index (χ4n) is 3.85. The van der Waals surface area contributed by atoms with Crippen molar-refractivity contribution in [3.63, 3.8) is 0 Å². The average Bonchev–Trinajstić information content (AvgIpc) is 3.33. The number of rotatable bonds is 4. The quantitative estimate of drug-likeness (QED) is 0.558. The van der Waals surface area contributed by atoms with Crippen molar-refractivity contribution in [3.05, 3.63) is 81.9 Å². The molecule has 4 heterocycles. The van der Waals surface area contributed by atoms with Crippen molar-refractivity contribution < 1.29 is 4.79 Å². The van der Waals surface area contributed by atoms with Crippen LogP contribution in [0.15, 0.2) is 53.7 Å². The van der Waals surface area contributed by atoms with Crippen LogP contribution in [-0.2, 0) is 25.9 Å². The molecular formula is C21H20N6O2. The number of amides is 1. The van der Waals surface area contributed by atoms with Crippen LogP contribution in [-0.4, -0.2) is 41.9 Å². The standard InChI is InChI=1S/C21H20N6O2/c28-20(15-10-16-19(22-11-15)25-21(29)24-16)26-9-7-18-17(12-26)23-13-27(18)8-6-14-4-2-1-3-5-14/h1-5,10-11,13H,6-9,12H2,(H2,22,24,25,29). The Labute approximate surface area is 166 Å². The summed E-state index contributed by atoms with van der Waals surface area (Å²) >= 11 is 0. The zero-order valence-electron chi connectivity index (χ0n) is 15.8. The second kappa shape index (κ2) is 7.05. The van der Waals surface area contributed by atoms with Gasteiger partial charge in [-0.05, 0) is 18.1 Å². The van der Waals surface area contributed by atoms with Crippen LogP contribution in [0.4, 0.5) is 0 Å². The molecule has 2 N–H and O–H groups in total. The minimum absolute atomic E-state index is 0.106. The molecule has 146 valence electrons. The number of aromatic nitrogens is 5. The zero-order chi connectivity index (χ0) is 19.8. The van der Waals surface area contributed by atoms with Gasteiger partial charge in [-0.1, -0.05) is 30.3 Å². The molecule has 0 radical (unpaired) electrons. The van der Waals surface area contributed by atoms with E-state index in [1.165, 1.54) is 17.5 Å². The number of hydrogen-bond donors (Lipinski definition) is 2. The maximum atomic E-state index is 12.9. The van der Waals surface area contributed by atoms with Crippen molar-refractivity contribution in [2.75, 3.05) is 6.54 Å². The fraction of sp³-hybridized carbons (Fsp3) is 0.238. The van der Waals surface area contributed by atoms with Crippen molar-refractivity contribution in [1.82, 2.24) is 29.4 Å². The van der Waals surface area contributed by atoms with E-state index in [2.05, 4.69) is 48.8 Å². The molecular weight excluding hydrogens is 368 g/mol. The highest BCUT2D eigenvalue weighted by Gasteiger charge is 2.25. The Kier molecular flexibility index (Phi) is 4.23. The van der Waals surface area contributed by atoms with Gasteiger partial charge in [0.2, 0.25) is 0 Å². The monoisotopic (exact) mass is 388 g/mol. The van der Waals surface area contributed by atoms with E-state index in [4.69, 9.17) is 0 Å². The largest absolute Gasteiger partial charge is 0.334 e. The van der Waals surface area contributed by atoms with Gasteiger partial charge in [-0.25, -0.2) is 14.8 Å². The summed E-state index contributed by atoms with van der Waals surface area (Å²) < 4.78 is 2.20. The van der Waals surface area contributed by atoms with Gasteiger partial charge in [0.05, 0.1) is 29.6 Å². The van der Waals surface area contributed by atoms with Gasteiger partial charge in [0, 0.05) is 31.4 Å². The first-order valence-electron chi connectivity index (χ1n) is 9.61. The van der Waals surface area contributed by atoms with Crippen LogP contribution in [0.3, 0.4) is 0 Å².